The third-order valence-electron chi connectivity index (χ3n) is 4.96. The Balaban J connectivity index is 1.62. The van der Waals surface area contributed by atoms with Gasteiger partial charge in [-0.05, 0) is 30.7 Å². The van der Waals surface area contributed by atoms with Crippen molar-refractivity contribution < 1.29 is 8.42 Å². The molecule has 0 aliphatic carbocycles. The molecule has 0 radical (unpaired) electrons. The lowest BCUT2D eigenvalue weighted by Gasteiger charge is -2.22. The van der Waals surface area contributed by atoms with Crippen LogP contribution in [0.3, 0.4) is 0 Å². The minimum Gasteiger partial charge on any atom is -0.355 e. The Morgan fingerprint density at radius 3 is 2.79 bits per heavy atom. The molecular formula is C16H22N4O2S2. The quantitative estimate of drug-likeness (QED) is 0.830. The highest BCUT2D eigenvalue weighted by atomic mass is 32.2. The van der Waals surface area contributed by atoms with E-state index < -0.39 is 10.0 Å². The summed E-state index contributed by atoms with van der Waals surface area (Å²) in [7, 11) is -3.18. The highest BCUT2D eigenvalue weighted by molar-refractivity contribution is 7.89. The van der Waals surface area contributed by atoms with Gasteiger partial charge in [0.05, 0.1) is 10.6 Å². The number of aryl methyl sites for hydroxylation is 1. The average molecular weight is 367 g/mol. The Morgan fingerprint density at radius 2 is 2.04 bits per heavy atom. The van der Waals surface area contributed by atoms with Gasteiger partial charge in [0.15, 0.2) is 0 Å². The van der Waals surface area contributed by atoms with E-state index >= 15 is 0 Å². The van der Waals surface area contributed by atoms with Crippen LogP contribution in [-0.2, 0) is 16.4 Å². The van der Waals surface area contributed by atoms with E-state index in [9.17, 15) is 8.42 Å². The molecule has 2 aromatic heterocycles. The Bertz CT molecular complexity index is 843. The Hall–Kier alpha value is -1.25. The first-order valence-electron chi connectivity index (χ1n) is 8.57. The van der Waals surface area contributed by atoms with Gasteiger partial charge in [-0.3, -0.25) is 0 Å². The summed E-state index contributed by atoms with van der Waals surface area (Å²) in [5.41, 5.74) is 0. The van der Waals surface area contributed by atoms with Crippen molar-refractivity contribution in [2.45, 2.75) is 37.9 Å². The highest BCUT2D eigenvalue weighted by Gasteiger charge is 2.39. The van der Waals surface area contributed by atoms with Crippen molar-refractivity contribution in [2.24, 2.45) is 0 Å². The van der Waals surface area contributed by atoms with E-state index in [0.717, 1.165) is 47.7 Å². The van der Waals surface area contributed by atoms with Crippen LogP contribution in [0.5, 0.6) is 0 Å². The maximum atomic E-state index is 12.8. The molecule has 0 aromatic carbocycles. The molecule has 6 nitrogen and oxygen atoms in total. The number of anilines is 1. The molecule has 0 amide bonds. The SMILES string of the molecule is CCc1nc(N2CCC(S(=O)(=O)N3CCCC3)C2)c2ccsc2n1. The third kappa shape index (κ3) is 2.70. The zero-order valence-corrected chi connectivity index (χ0v) is 15.4. The molecule has 4 rings (SSSR count). The minimum atomic E-state index is -3.18. The molecular weight excluding hydrogens is 344 g/mol. The van der Waals surface area contributed by atoms with E-state index in [-0.39, 0.29) is 5.25 Å². The molecule has 0 saturated carbocycles. The average Bonchev–Trinajstić information content (AvgIpc) is 3.34. The van der Waals surface area contributed by atoms with Gasteiger partial charge in [-0.2, -0.15) is 0 Å². The second-order valence-corrected chi connectivity index (χ2v) is 9.57. The maximum Gasteiger partial charge on any atom is 0.218 e. The number of rotatable bonds is 4. The van der Waals surface area contributed by atoms with Crippen LogP contribution in [0.15, 0.2) is 11.4 Å². The molecule has 2 saturated heterocycles. The largest absolute Gasteiger partial charge is 0.355 e. The van der Waals surface area contributed by atoms with Crippen molar-refractivity contribution in [1.82, 2.24) is 14.3 Å². The Labute approximate surface area is 146 Å². The summed E-state index contributed by atoms with van der Waals surface area (Å²) in [4.78, 5) is 12.4. The first kappa shape index (κ1) is 16.2. The fourth-order valence-corrected chi connectivity index (χ4v) is 6.34. The van der Waals surface area contributed by atoms with Crippen molar-refractivity contribution in [1.29, 1.82) is 0 Å². The summed E-state index contributed by atoms with van der Waals surface area (Å²) in [6.07, 6.45) is 3.42. The fourth-order valence-electron chi connectivity index (χ4n) is 3.60. The van der Waals surface area contributed by atoms with Crippen LogP contribution in [0.4, 0.5) is 5.82 Å². The van der Waals surface area contributed by atoms with Gasteiger partial charge in [0.1, 0.15) is 16.5 Å². The molecule has 2 aromatic rings. The molecule has 4 heterocycles. The highest BCUT2D eigenvalue weighted by Crippen LogP contribution is 2.32. The first-order valence-corrected chi connectivity index (χ1v) is 11.0. The predicted molar refractivity (Wildman–Crippen MR) is 97.1 cm³/mol. The number of aromatic nitrogens is 2. The monoisotopic (exact) mass is 366 g/mol. The lowest BCUT2D eigenvalue weighted by Crippen LogP contribution is -2.38. The molecule has 0 N–H and O–H groups in total. The summed E-state index contributed by atoms with van der Waals surface area (Å²) >= 11 is 1.61. The second-order valence-electron chi connectivity index (χ2n) is 6.46. The third-order valence-corrected chi connectivity index (χ3v) is 8.08. The predicted octanol–water partition coefficient (Wildman–Crippen LogP) is 2.26. The standard InChI is InChI=1S/C16H22N4O2S2/c1-2-14-17-15(13-6-10-23-16(13)18-14)19-9-5-12(11-19)24(21,22)20-7-3-4-8-20/h6,10,12H,2-5,7-9,11H2,1H3. The van der Waals surface area contributed by atoms with Crippen LogP contribution < -0.4 is 4.90 Å². The van der Waals surface area contributed by atoms with Crippen molar-refractivity contribution in [3.8, 4) is 0 Å². The molecule has 1 atom stereocenters. The van der Waals surface area contributed by atoms with Gasteiger partial charge in [-0.1, -0.05) is 6.92 Å². The maximum absolute atomic E-state index is 12.8. The van der Waals surface area contributed by atoms with E-state index in [0.29, 0.717) is 26.1 Å². The summed E-state index contributed by atoms with van der Waals surface area (Å²) in [5.74, 6) is 1.73. The molecule has 130 valence electrons. The van der Waals surface area contributed by atoms with Gasteiger partial charge in [-0.25, -0.2) is 22.7 Å². The first-order chi connectivity index (χ1) is 11.6. The number of fused-ring (bicyclic) bond motifs is 1. The minimum absolute atomic E-state index is 0.315. The van der Waals surface area contributed by atoms with Gasteiger partial charge in [0.2, 0.25) is 10.0 Å². The van der Waals surface area contributed by atoms with E-state index in [1.54, 1.807) is 15.6 Å². The number of hydrogen-bond acceptors (Lipinski definition) is 6. The number of hydrogen-bond donors (Lipinski definition) is 0. The molecule has 0 spiro atoms. The van der Waals surface area contributed by atoms with Crippen molar-refractivity contribution in [2.75, 3.05) is 31.1 Å². The van der Waals surface area contributed by atoms with Crippen LogP contribution in [0.25, 0.3) is 10.2 Å². The van der Waals surface area contributed by atoms with Gasteiger partial charge in [0, 0.05) is 32.6 Å². The summed E-state index contributed by atoms with van der Waals surface area (Å²) < 4.78 is 27.3. The molecule has 24 heavy (non-hydrogen) atoms. The van der Waals surface area contributed by atoms with Crippen molar-refractivity contribution in [3.05, 3.63) is 17.3 Å². The van der Waals surface area contributed by atoms with E-state index in [4.69, 9.17) is 4.98 Å². The molecule has 2 fully saturated rings. The molecule has 2 aliphatic heterocycles. The summed E-state index contributed by atoms with van der Waals surface area (Å²) in [6.45, 7) is 4.68. The van der Waals surface area contributed by atoms with Crippen molar-refractivity contribution >= 4 is 37.4 Å². The molecule has 8 heteroatoms. The molecule has 2 aliphatic rings. The van der Waals surface area contributed by atoms with Gasteiger partial charge < -0.3 is 4.90 Å². The lowest BCUT2D eigenvalue weighted by molar-refractivity contribution is 0.467. The number of nitrogens with zero attached hydrogens (tertiary/aromatic N) is 4. The van der Waals surface area contributed by atoms with Crippen LogP contribution in [-0.4, -0.2) is 54.1 Å². The fraction of sp³-hybridized carbons (Fsp3) is 0.625. The summed E-state index contributed by atoms with van der Waals surface area (Å²) in [5, 5.41) is 2.75. The van der Waals surface area contributed by atoms with Crippen LogP contribution >= 0.6 is 11.3 Å². The summed E-state index contributed by atoms with van der Waals surface area (Å²) in [6, 6.07) is 2.04. The molecule has 0 bridgehead atoms. The zero-order valence-electron chi connectivity index (χ0n) is 13.8. The van der Waals surface area contributed by atoms with E-state index in [1.807, 2.05) is 18.4 Å². The normalized spacial score (nSPS) is 22.7. The van der Waals surface area contributed by atoms with Gasteiger partial charge in [0.25, 0.3) is 0 Å². The van der Waals surface area contributed by atoms with Crippen molar-refractivity contribution in [3.63, 3.8) is 0 Å². The number of thiophene rings is 1. The second kappa shape index (κ2) is 6.24. The van der Waals surface area contributed by atoms with E-state index in [2.05, 4.69) is 9.88 Å². The van der Waals surface area contributed by atoms with E-state index in [1.165, 1.54) is 0 Å². The van der Waals surface area contributed by atoms with Gasteiger partial charge in [-0.15, -0.1) is 11.3 Å². The Morgan fingerprint density at radius 1 is 1.25 bits per heavy atom. The van der Waals surface area contributed by atoms with Crippen LogP contribution in [0.1, 0.15) is 32.0 Å². The van der Waals surface area contributed by atoms with Gasteiger partial charge >= 0.3 is 0 Å². The zero-order chi connectivity index (χ0) is 16.7. The lowest BCUT2D eigenvalue weighted by atomic mass is 10.3. The topological polar surface area (TPSA) is 66.4 Å². The van der Waals surface area contributed by atoms with Crippen LogP contribution in [0, 0.1) is 0 Å². The molecule has 1 unspecified atom stereocenters. The van der Waals surface area contributed by atoms with Crippen LogP contribution in [0.2, 0.25) is 0 Å². The smallest absolute Gasteiger partial charge is 0.218 e. The number of sulfonamides is 1. The Kier molecular flexibility index (Phi) is 4.22.